The van der Waals surface area contributed by atoms with Crippen LogP contribution in [0.3, 0.4) is 0 Å². The van der Waals surface area contributed by atoms with E-state index in [9.17, 15) is 8.42 Å². The van der Waals surface area contributed by atoms with Crippen LogP contribution in [0, 0.1) is 0 Å². The van der Waals surface area contributed by atoms with E-state index in [-0.39, 0.29) is 6.04 Å². The molecule has 0 saturated heterocycles. The Bertz CT molecular complexity index is 286. The third-order valence-corrected chi connectivity index (χ3v) is 4.68. The van der Waals surface area contributed by atoms with Crippen molar-refractivity contribution in [1.82, 2.24) is 9.03 Å². The van der Waals surface area contributed by atoms with E-state index < -0.39 is 10.2 Å². The predicted octanol–water partition coefficient (Wildman–Crippen LogP) is 0.732. The number of ether oxygens (including phenoxy) is 1. The van der Waals surface area contributed by atoms with Crippen molar-refractivity contribution >= 4 is 10.2 Å². The molecule has 0 aromatic rings. The summed E-state index contributed by atoms with van der Waals surface area (Å²) in [7, 11) is -0.116. The fourth-order valence-electron chi connectivity index (χ4n) is 2.02. The Labute approximate surface area is 98.3 Å². The molecule has 0 spiro atoms. The zero-order valence-corrected chi connectivity index (χ0v) is 10.9. The van der Waals surface area contributed by atoms with Gasteiger partial charge in [-0.15, -0.1) is 0 Å². The van der Waals surface area contributed by atoms with Crippen LogP contribution in [0.4, 0.5) is 0 Å². The number of nitrogens with one attached hydrogen (secondary N) is 1. The van der Waals surface area contributed by atoms with Crippen molar-refractivity contribution in [3.8, 4) is 0 Å². The van der Waals surface area contributed by atoms with Crippen molar-refractivity contribution < 1.29 is 13.2 Å². The molecular weight excluding hydrogens is 228 g/mol. The van der Waals surface area contributed by atoms with E-state index in [1.54, 1.807) is 14.2 Å². The fourth-order valence-corrected chi connectivity index (χ4v) is 3.16. The van der Waals surface area contributed by atoms with Crippen LogP contribution in [0.25, 0.3) is 0 Å². The van der Waals surface area contributed by atoms with Crippen LogP contribution in [0.1, 0.15) is 32.1 Å². The van der Waals surface area contributed by atoms with Gasteiger partial charge in [-0.25, -0.2) is 0 Å². The molecule has 0 bridgehead atoms. The molecule has 0 aromatic carbocycles. The third-order valence-electron chi connectivity index (χ3n) is 3.06. The van der Waals surface area contributed by atoms with Gasteiger partial charge < -0.3 is 4.74 Å². The maximum Gasteiger partial charge on any atom is 0.279 e. The monoisotopic (exact) mass is 250 g/mol. The Kier molecular flexibility index (Phi) is 5.68. The zero-order valence-electron chi connectivity index (χ0n) is 10.1. The molecule has 1 aliphatic carbocycles. The van der Waals surface area contributed by atoms with Crippen LogP contribution < -0.4 is 4.72 Å². The van der Waals surface area contributed by atoms with Crippen LogP contribution in [-0.2, 0) is 14.9 Å². The molecule has 0 aliphatic heterocycles. The van der Waals surface area contributed by atoms with Gasteiger partial charge in [-0.2, -0.15) is 17.4 Å². The first-order valence-electron chi connectivity index (χ1n) is 5.79. The van der Waals surface area contributed by atoms with Gasteiger partial charge in [-0.3, -0.25) is 0 Å². The maximum atomic E-state index is 11.9. The van der Waals surface area contributed by atoms with Crippen molar-refractivity contribution in [2.75, 3.05) is 27.3 Å². The topological polar surface area (TPSA) is 58.6 Å². The molecule has 0 amide bonds. The molecule has 6 heteroatoms. The van der Waals surface area contributed by atoms with Gasteiger partial charge in [0.25, 0.3) is 10.2 Å². The Hall–Kier alpha value is -0.170. The molecule has 1 aliphatic rings. The summed E-state index contributed by atoms with van der Waals surface area (Å²) in [5.74, 6) is 0. The summed E-state index contributed by atoms with van der Waals surface area (Å²) >= 11 is 0. The van der Waals surface area contributed by atoms with Gasteiger partial charge in [0.15, 0.2) is 0 Å². The zero-order chi connectivity index (χ0) is 12.0. The first kappa shape index (κ1) is 13.9. The molecule has 96 valence electrons. The van der Waals surface area contributed by atoms with Crippen molar-refractivity contribution in [3.63, 3.8) is 0 Å². The van der Waals surface area contributed by atoms with Crippen LogP contribution in [-0.4, -0.2) is 46.1 Å². The molecule has 1 saturated carbocycles. The minimum atomic E-state index is -3.33. The molecule has 1 rings (SSSR count). The molecule has 0 heterocycles. The first-order chi connectivity index (χ1) is 7.58. The Morgan fingerprint density at radius 2 is 1.94 bits per heavy atom. The molecule has 1 fully saturated rings. The Morgan fingerprint density at radius 1 is 1.31 bits per heavy atom. The molecule has 0 aromatic heterocycles. The van der Waals surface area contributed by atoms with Crippen LogP contribution in [0.15, 0.2) is 0 Å². The molecular formula is C10H22N2O3S. The molecule has 16 heavy (non-hydrogen) atoms. The molecule has 0 radical (unpaired) electrons. The highest BCUT2D eigenvalue weighted by Gasteiger charge is 2.26. The van der Waals surface area contributed by atoms with E-state index in [4.69, 9.17) is 4.74 Å². The summed E-state index contributed by atoms with van der Waals surface area (Å²) in [5.41, 5.74) is 0. The minimum absolute atomic E-state index is 0.161. The van der Waals surface area contributed by atoms with Crippen molar-refractivity contribution in [1.29, 1.82) is 0 Å². The molecule has 5 nitrogen and oxygen atoms in total. The maximum absolute atomic E-state index is 11.9. The van der Waals surface area contributed by atoms with Gasteiger partial charge in [0.2, 0.25) is 0 Å². The standard InChI is InChI=1S/C10H22N2O3S/c1-12(10-6-4-3-5-7-10)16(13,14)11-8-9-15-2/h10-11H,3-9H2,1-2H3. The normalized spacial score (nSPS) is 19.2. The van der Waals surface area contributed by atoms with Gasteiger partial charge in [0, 0.05) is 26.7 Å². The average molecular weight is 250 g/mol. The summed E-state index contributed by atoms with van der Waals surface area (Å²) in [6, 6.07) is 0.161. The highest BCUT2D eigenvalue weighted by atomic mass is 32.2. The highest BCUT2D eigenvalue weighted by Crippen LogP contribution is 2.22. The lowest BCUT2D eigenvalue weighted by Gasteiger charge is -2.30. The molecule has 0 unspecified atom stereocenters. The lowest BCUT2D eigenvalue weighted by Crippen LogP contribution is -2.45. The largest absolute Gasteiger partial charge is 0.383 e. The molecule has 1 N–H and O–H groups in total. The second-order valence-corrected chi connectivity index (χ2v) is 6.01. The lowest BCUT2D eigenvalue weighted by atomic mass is 9.96. The van der Waals surface area contributed by atoms with Gasteiger partial charge in [-0.05, 0) is 12.8 Å². The summed E-state index contributed by atoms with van der Waals surface area (Å²) in [6.07, 6.45) is 5.43. The van der Waals surface area contributed by atoms with Gasteiger partial charge in [-0.1, -0.05) is 19.3 Å². The van der Waals surface area contributed by atoms with Crippen molar-refractivity contribution in [3.05, 3.63) is 0 Å². The van der Waals surface area contributed by atoms with Crippen molar-refractivity contribution in [2.45, 2.75) is 38.1 Å². The van der Waals surface area contributed by atoms with E-state index in [2.05, 4.69) is 4.72 Å². The fraction of sp³-hybridized carbons (Fsp3) is 1.00. The SMILES string of the molecule is COCCNS(=O)(=O)N(C)C1CCCCC1. The first-order valence-corrected chi connectivity index (χ1v) is 7.23. The number of hydrogen-bond donors (Lipinski definition) is 1. The number of hydrogen-bond acceptors (Lipinski definition) is 3. The minimum Gasteiger partial charge on any atom is -0.383 e. The van der Waals surface area contributed by atoms with E-state index in [0.29, 0.717) is 13.2 Å². The van der Waals surface area contributed by atoms with Crippen LogP contribution in [0.2, 0.25) is 0 Å². The average Bonchev–Trinajstić information content (AvgIpc) is 2.29. The lowest BCUT2D eigenvalue weighted by molar-refractivity contribution is 0.203. The summed E-state index contributed by atoms with van der Waals surface area (Å²) < 4.78 is 32.5. The van der Waals surface area contributed by atoms with E-state index in [1.165, 1.54) is 10.7 Å². The number of rotatable bonds is 6. The summed E-state index contributed by atoms with van der Waals surface area (Å²) in [6.45, 7) is 0.730. The second kappa shape index (κ2) is 6.54. The number of methoxy groups -OCH3 is 1. The quantitative estimate of drug-likeness (QED) is 0.707. The number of nitrogens with zero attached hydrogens (tertiary/aromatic N) is 1. The van der Waals surface area contributed by atoms with Gasteiger partial charge in [0.1, 0.15) is 0 Å². The van der Waals surface area contributed by atoms with E-state index >= 15 is 0 Å². The Balaban J connectivity index is 2.46. The third kappa shape index (κ3) is 4.01. The molecule has 0 atom stereocenters. The smallest absolute Gasteiger partial charge is 0.279 e. The van der Waals surface area contributed by atoms with Crippen LogP contribution in [0.5, 0.6) is 0 Å². The summed E-state index contributed by atoms with van der Waals surface area (Å²) in [5, 5.41) is 0. The highest BCUT2D eigenvalue weighted by molar-refractivity contribution is 7.87. The van der Waals surface area contributed by atoms with Gasteiger partial charge in [0.05, 0.1) is 6.61 Å². The van der Waals surface area contributed by atoms with Crippen LogP contribution >= 0.6 is 0 Å². The second-order valence-electron chi connectivity index (χ2n) is 4.20. The Morgan fingerprint density at radius 3 is 2.50 bits per heavy atom. The van der Waals surface area contributed by atoms with E-state index in [1.807, 2.05) is 0 Å². The van der Waals surface area contributed by atoms with Crippen molar-refractivity contribution in [2.24, 2.45) is 0 Å². The van der Waals surface area contributed by atoms with E-state index in [0.717, 1.165) is 25.7 Å². The summed E-state index contributed by atoms with van der Waals surface area (Å²) in [4.78, 5) is 0. The predicted molar refractivity (Wildman–Crippen MR) is 63.4 cm³/mol. The van der Waals surface area contributed by atoms with Gasteiger partial charge >= 0.3 is 0 Å².